The Hall–Kier alpha value is -3.96. The lowest BCUT2D eigenvalue weighted by Gasteiger charge is -2.45. The Bertz CT molecular complexity index is 1650. The van der Waals surface area contributed by atoms with E-state index < -0.39 is 15.7 Å². The van der Waals surface area contributed by atoms with Gasteiger partial charge in [0, 0.05) is 42.8 Å². The lowest BCUT2D eigenvalue weighted by molar-refractivity contribution is 0.0950. The maximum atomic E-state index is 12.6. The first-order valence-corrected chi connectivity index (χ1v) is 14.9. The van der Waals surface area contributed by atoms with Crippen LogP contribution in [0.1, 0.15) is 28.9 Å². The quantitative estimate of drug-likeness (QED) is 0.361. The van der Waals surface area contributed by atoms with Crippen LogP contribution in [0.25, 0.3) is 22.3 Å². The largest absolute Gasteiger partial charge is 0.366 e. The summed E-state index contributed by atoms with van der Waals surface area (Å²) in [5.74, 6) is 1.12. The van der Waals surface area contributed by atoms with Crippen LogP contribution in [0.4, 0.5) is 5.82 Å². The van der Waals surface area contributed by atoms with Crippen LogP contribution in [-0.2, 0) is 16.4 Å². The fourth-order valence-corrected chi connectivity index (χ4v) is 5.89. The molecule has 200 valence electrons. The molecule has 1 atom stereocenters. The van der Waals surface area contributed by atoms with Gasteiger partial charge in [0.05, 0.1) is 39.6 Å². The first kappa shape index (κ1) is 25.3. The fraction of sp³-hybridized carbons (Fsp3) is 0.321. The van der Waals surface area contributed by atoms with E-state index in [9.17, 15) is 13.2 Å². The van der Waals surface area contributed by atoms with Crippen molar-refractivity contribution in [3.05, 3.63) is 72.3 Å². The predicted octanol–water partition coefficient (Wildman–Crippen LogP) is 2.93. The summed E-state index contributed by atoms with van der Waals surface area (Å²) in [6.07, 6.45) is 7.83. The van der Waals surface area contributed by atoms with Crippen LogP contribution in [-0.4, -0.2) is 71.1 Å². The number of fused-ring (bicyclic) bond motifs is 4. The van der Waals surface area contributed by atoms with Gasteiger partial charge >= 0.3 is 0 Å². The van der Waals surface area contributed by atoms with Gasteiger partial charge in [-0.15, -0.1) is 0 Å². The highest BCUT2D eigenvalue weighted by molar-refractivity contribution is 7.90. The lowest BCUT2D eigenvalue weighted by Crippen LogP contribution is -2.53. The van der Waals surface area contributed by atoms with Gasteiger partial charge in [0.2, 0.25) is 0 Å². The molecule has 4 aromatic heterocycles. The van der Waals surface area contributed by atoms with E-state index in [-0.39, 0.29) is 17.0 Å². The number of nitrogens with one attached hydrogen (secondary N) is 2. The topological polar surface area (TPSA) is 130 Å². The van der Waals surface area contributed by atoms with Crippen molar-refractivity contribution in [1.82, 2.24) is 30.2 Å². The SMILES string of the molecule is CS(=O)(=O)c1cncc(C(=O)NCc2cc3nc(-c4cccc(NC5CN6CCC5CC6)n4)ccc3cn2)c1. The molecule has 0 aromatic carbocycles. The Balaban J connectivity index is 1.17. The van der Waals surface area contributed by atoms with Crippen molar-refractivity contribution in [2.24, 2.45) is 5.92 Å². The average molecular weight is 544 g/mol. The van der Waals surface area contributed by atoms with Gasteiger partial charge < -0.3 is 15.5 Å². The zero-order valence-corrected chi connectivity index (χ0v) is 22.4. The molecular formula is C28H29N7O3S. The van der Waals surface area contributed by atoms with Crippen LogP contribution in [0.15, 0.2) is 66.0 Å². The summed E-state index contributed by atoms with van der Waals surface area (Å²) in [6.45, 7) is 3.62. The van der Waals surface area contributed by atoms with Gasteiger partial charge in [0.1, 0.15) is 5.82 Å². The molecule has 1 amide bonds. The third kappa shape index (κ3) is 5.59. The Morgan fingerprint density at radius 2 is 1.85 bits per heavy atom. The number of carbonyl (C=O) groups is 1. The minimum absolute atomic E-state index is 0.00709. The molecule has 2 bridgehead atoms. The summed E-state index contributed by atoms with van der Waals surface area (Å²) in [4.78, 5) is 33.1. The monoisotopic (exact) mass is 543 g/mol. The van der Waals surface area contributed by atoms with Crippen LogP contribution in [0.5, 0.6) is 0 Å². The van der Waals surface area contributed by atoms with Crippen LogP contribution in [0.2, 0.25) is 0 Å². The summed E-state index contributed by atoms with van der Waals surface area (Å²) in [5, 5.41) is 7.30. The normalized spacial score (nSPS) is 20.6. The van der Waals surface area contributed by atoms with Gasteiger partial charge in [0.15, 0.2) is 9.84 Å². The van der Waals surface area contributed by atoms with E-state index in [1.165, 1.54) is 44.4 Å². The second-order valence-electron chi connectivity index (χ2n) is 10.2. The van der Waals surface area contributed by atoms with E-state index in [0.29, 0.717) is 17.7 Å². The standard InChI is InChI=1S/C28H29N7O3S/c1-39(37,38)22-11-20(13-29-16-22)28(36)31-15-21-12-25-19(14-30-21)5-6-24(32-25)23-3-2-4-27(33-23)34-26-17-35-9-7-18(26)8-10-35/h2-6,11-14,16,18,26H,7-10,15,17H2,1H3,(H,31,36)(H,33,34). The Morgan fingerprint density at radius 3 is 2.62 bits per heavy atom. The lowest BCUT2D eigenvalue weighted by atomic mass is 9.84. The average Bonchev–Trinajstić information content (AvgIpc) is 2.96. The van der Waals surface area contributed by atoms with Crippen LogP contribution in [0.3, 0.4) is 0 Å². The van der Waals surface area contributed by atoms with Gasteiger partial charge in [-0.25, -0.2) is 18.4 Å². The van der Waals surface area contributed by atoms with E-state index in [2.05, 4.69) is 25.5 Å². The molecule has 4 aromatic rings. The summed E-state index contributed by atoms with van der Waals surface area (Å²) in [6, 6.07) is 13.4. The van der Waals surface area contributed by atoms with Crippen LogP contribution in [0, 0.1) is 5.92 Å². The van der Waals surface area contributed by atoms with Gasteiger partial charge in [-0.1, -0.05) is 6.07 Å². The van der Waals surface area contributed by atoms with Crippen LogP contribution >= 0.6 is 0 Å². The van der Waals surface area contributed by atoms with E-state index in [1.54, 1.807) is 6.20 Å². The van der Waals surface area contributed by atoms with Crippen molar-refractivity contribution in [3.8, 4) is 11.4 Å². The van der Waals surface area contributed by atoms with Crippen molar-refractivity contribution < 1.29 is 13.2 Å². The van der Waals surface area contributed by atoms with Gasteiger partial charge in [-0.2, -0.15) is 0 Å². The molecule has 3 fully saturated rings. The van der Waals surface area contributed by atoms with Crippen molar-refractivity contribution in [2.45, 2.75) is 30.3 Å². The Kier molecular flexibility index (Phi) is 6.69. The number of nitrogens with zero attached hydrogens (tertiary/aromatic N) is 5. The molecule has 7 heterocycles. The van der Waals surface area contributed by atoms with E-state index >= 15 is 0 Å². The molecule has 3 aliphatic rings. The van der Waals surface area contributed by atoms with Gasteiger partial charge in [-0.05, 0) is 68.2 Å². The number of aromatic nitrogens is 4. The van der Waals surface area contributed by atoms with Gasteiger partial charge in [-0.3, -0.25) is 14.8 Å². The number of carbonyl (C=O) groups excluding carboxylic acids is 1. The van der Waals surface area contributed by atoms with E-state index in [0.717, 1.165) is 40.9 Å². The summed E-state index contributed by atoms with van der Waals surface area (Å²) in [5.41, 5.74) is 3.07. The molecule has 0 aliphatic carbocycles. The number of anilines is 1. The molecule has 11 heteroatoms. The van der Waals surface area contributed by atoms with E-state index in [1.807, 2.05) is 36.4 Å². The summed E-state index contributed by atoms with van der Waals surface area (Å²) < 4.78 is 23.6. The highest BCUT2D eigenvalue weighted by atomic mass is 32.2. The summed E-state index contributed by atoms with van der Waals surface area (Å²) in [7, 11) is -3.46. The molecule has 7 rings (SSSR count). The second kappa shape index (κ2) is 10.3. The minimum atomic E-state index is -3.46. The molecule has 0 spiro atoms. The minimum Gasteiger partial charge on any atom is -0.366 e. The number of hydrogen-bond donors (Lipinski definition) is 2. The third-order valence-corrected chi connectivity index (χ3v) is 8.54. The number of rotatable bonds is 7. The van der Waals surface area contributed by atoms with Crippen molar-refractivity contribution in [3.63, 3.8) is 0 Å². The molecule has 3 aliphatic heterocycles. The fourth-order valence-electron chi connectivity index (χ4n) is 5.29. The molecule has 10 nitrogen and oxygen atoms in total. The zero-order chi connectivity index (χ0) is 27.0. The van der Waals surface area contributed by atoms with Gasteiger partial charge in [0.25, 0.3) is 5.91 Å². The van der Waals surface area contributed by atoms with E-state index in [4.69, 9.17) is 9.97 Å². The Morgan fingerprint density at radius 1 is 1.03 bits per heavy atom. The molecule has 0 saturated carbocycles. The molecule has 2 N–H and O–H groups in total. The number of amides is 1. The highest BCUT2D eigenvalue weighted by Crippen LogP contribution is 2.30. The zero-order valence-electron chi connectivity index (χ0n) is 21.5. The van der Waals surface area contributed by atoms with Crippen molar-refractivity contribution in [2.75, 3.05) is 31.2 Å². The van der Waals surface area contributed by atoms with Crippen LogP contribution < -0.4 is 10.6 Å². The maximum absolute atomic E-state index is 12.6. The molecule has 0 radical (unpaired) electrons. The second-order valence-corrected chi connectivity index (χ2v) is 12.2. The van der Waals surface area contributed by atoms with Crippen molar-refractivity contribution in [1.29, 1.82) is 0 Å². The highest BCUT2D eigenvalue weighted by Gasteiger charge is 2.34. The summed E-state index contributed by atoms with van der Waals surface area (Å²) >= 11 is 0. The maximum Gasteiger partial charge on any atom is 0.253 e. The molecule has 39 heavy (non-hydrogen) atoms. The van der Waals surface area contributed by atoms with Crippen molar-refractivity contribution >= 4 is 32.5 Å². The number of hydrogen-bond acceptors (Lipinski definition) is 9. The molecule has 1 unspecified atom stereocenters. The predicted molar refractivity (Wildman–Crippen MR) is 148 cm³/mol. The number of piperidine rings is 3. The third-order valence-electron chi connectivity index (χ3n) is 7.46. The first-order valence-electron chi connectivity index (χ1n) is 13.0. The smallest absolute Gasteiger partial charge is 0.253 e. The molecule has 3 saturated heterocycles. The first-order chi connectivity index (χ1) is 18.8. The Labute approximate surface area is 226 Å². The number of pyridine rings is 4. The molecular weight excluding hydrogens is 514 g/mol. The number of sulfone groups is 1.